The molecule has 1 aromatic carbocycles. The predicted molar refractivity (Wildman–Crippen MR) is 76.8 cm³/mol. The molecule has 0 fully saturated rings. The van der Waals surface area contributed by atoms with E-state index in [4.69, 9.17) is 0 Å². The molecular weight excluding hydrogens is 445 g/mol. The standard InChI is InChI=1S/C15H10F9NO5/c1-30-9(26)5-25-8-3-2-6(12(29,14(19,20)21)15(22,23)24)4-7(8)11(28,10(25)27)13(16,17)18/h2-4,28-29H,5H2,1H3. The van der Waals surface area contributed by atoms with Gasteiger partial charge in [0, 0.05) is 11.1 Å². The van der Waals surface area contributed by atoms with Gasteiger partial charge in [-0.05, 0) is 12.1 Å². The molecule has 2 rings (SSSR count). The van der Waals surface area contributed by atoms with Crippen molar-refractivity contribution in [1.29, 1.82) is 0 Å². The Morgan fingerprint density at radius 2 is 1.57 bits per heavy atom. The molecule has 0 saturated heterocycles. The highest BCUT2D eigenvalue weighted by Gasteiger charge is 2.73. The lowest BCUT2D eigenvalue weighted by Gasteiger charge is -2.33. The first-order valence-corrected chi connectivity index (χ1v) is 7.52. The van der Waals surface area contributed by atoms with Crippen LogP contribution in [0.3, 0.4) is 0 Å². The Bertz CT molecular complexity index is 863. The zero-order valence-electron chi connectivity index (χ0n) is 14.4. The molecule has 1 aliphatic rings. The lowest BCUT2D eigenvalue weighted by Crippen LogP contribution is -2.54. The van der Waals surface area contributed by atoms with E-state index in [-0.39, 0.29) is 17.0 Å². The highest BCUT2D eigenvalue weighted by atomic mass is 19.4. The van der Waals surface area contributed by atoms with Gasteiger partial charge in [0.2, 0.25) is 0 Å². The Balaban J connectivity index is 2.83. The van der Waals surface area contributed by atoms with Crippen LogP contribution in [0.1, 0.15) is 11.1 Å². The van der Waals surface area contributed by atoms with Gasteiger partial charge in [0.1, 0.15) is 6.54 Å². The van der Waals surface area contributed by atoms with Crippen LogP contribution in [0.25, 0.3) is 0 Å². The number of carbonyl (C=O) groups is 2. The lowest BCUT2D eigenvalue weighted by molar-refractivity contribution is -0.376. The van der Waals surface area contributed by atoms with Crippen LogP contribution >= 0.6 is 0 Å². The molecule has 1 aliphatic heterocycles. The number of halogens is 9. The van der Waals surface area contributed by atoms with E-state index in [1.165, 1.54) is 0 Å². The molecule has 168 valence electrons. The van der Waals surface area contributed by atoms with Crippen molar-refractivity contribution in [2.45, 2.75) is 29.7 Å². The number of benzene rings is 1. The van der Waals surface area contributed by atoms with E-state index in [1.807, 2.05) is 0 Å². The third-order valence-electron chi connectivity index (χ3n) is 4.40. The summed E-state index contributed by atoms with van der Waals surface area (Å²) in [6, 6.07) is -0.254. The van der Waals surface area contributed by atoms with Gasteiger partial charge in [-0.2, -0.15) is 39.5 Å². The largest absolute Gasteiger partial charge is 0.468 e. The second-order valence-electron chi connectivity index (χ2n) is 6.11. The zero-order valence-corrected chi connectivity index (χ0v) is 14.4. The molecule has 0 bridgehead atoms. The van der Waals surface area contributed by atoms with E-state index in [9.17, 15) is 59.3 Å². The fourth-order valence-electron chi connectivity index (χ4n) is 2.82. The maximum Gasteiger partial charge on any atom is 0.430 e. The van der Waals surface area contributed by atoms with Crippen LogP contribution in [-0.4, -0.2) is 54.3 Å². The number of aliphatic hydroxyl groups is 2. The molecule has 1 heterocycles. The van der Waals surface area contributed by atoms with Gasteiger partial charge in [0.15, 0.2) is 0 Å². The van der Waals surface area contributed by atoms with Crippen molar-refractivity contribution in [3.05, 3.63) is 29.3 Å². The molecule has 0 spiro atoms. The van der Waals surface area contributed by atoms with E-state index in [0.29, 0.717) is 0 Å². The predicted octanol–water partition coefficient (Wildman–Crippen LogP) is 2.27. The highest BCUT2D eigenvalue weighted by Crippen LogP contribution is 2.54. The Hall–Kier alpha value is -2.55. The molecule has 30 heavy (non-hydrogen) atoms. The lowest BCUT2D eigenvalue weighted by atomic mass is 9.86. The van der Waals surface area contributed by atoms with Crippen molar-refractivity contribution in [2.75, 3.05) is 18.6 Å². The quantitative estimate of drug-likeness (QED) is 0.540. The van der Waals surface area contributed by atoms with Crippen molar-refractivity contribution in [2.24, 2.45) is 0 Å². The number of methoxy groups -OCH3 is 1. The Morgan fingerprint density at radius 1 is 1.07 bits per heavy atom. The first-order valence-electron chi connectivity index (χ1n) is 7.52. The van der Waals surface area contributed by atoms with Gasteiger partial charge in [-0.15, -0.1) is 0 Å². The molecule has 0 radical (unpaired) electrons. The maximum atomic E-state index is 13.4. The minimum absolute atomic E-state index is 0.0152. The van der Waals surface area contributed by atoms with Crippen molar-refractivity contribution in [3.8, 4) is 0 Å². The summed E-state index contributed by atoms with van der Waals surface area (Å²) >= 11 is 0. The average Bonchev–Trinajstić information content (AvgIpc) is 2.81. The molecule has 1 aromatic rings. The molecule has 0 aromatic heterocycles. The highest BCUT2D eigenvalue weighted by molar-refractivity contribution is 6.09. The molecule has 1 atom stereocenters. The van der Waals surface area contributed by atoms with E-state index in [1.54, 1.807) is 0 Å². The summed E-state index contributed by atoms with van der Waals surface area (Å²) in [7, 11) is 0.787. The van der Waals surface area contributed by atoms with E-state index < -0.39 is 71.0 Å². The normalized spacial score (nSPS) is 20.4. The van der Waals surface area contributed by atoms with Crippen LogP contribution in [0.2, 0.25) is 0 Å². The fourth-order valence-corrected chi connectivity index (χ4v) is 2.82. The Morgan fingerprint density at radius 3 is 1.97 bits per heavy atom. The molecule has 2 N–H and O–H groups in total. The summed E-state index contributed by atoms with van der Waals surface area (Å²) in [6.45, 7) is -1.23. The van der Waals surface area contributed by atoms with E-state index in [2.05, 4.69) is 4.74 Å². The number of nitrogens with zero attached hydrogens (tertiary/aromatic N) is 1. The third kappa shape index (κ3) is 3.15. The van der Waals surface area contributed by atoms with Crippen molar-refractivity contribution in [3.63, 3.8) is 0 Å². The number of hydrogen-bond donors (Lipinski definition) is 2. The van der Waals surface area contributed by atoms with E-state index >= 15 is 0 Å². The Labute approximate surface area is 160 Å². The maximum absolute atomic E-state index is 13.4. The summed E-state index contributed by atoms with van der Waals surface area (Å²) in [6.07, 6.45) is -18.8. The Kier molecular flexibility index (Phi) is 5.32. The van der Waals surface area contributed by atoms with Crippen molar-refractivity contribution in [1.82, 2.24) is 0 Å². The SMILES string of the molecule is COC(=O)CN1C(=O)C(O)(C(F)(F)F)c2cc(C(O)(C(F)(F)F)C(F)(F)F)ccc21. The number of carbonyl (C=O) groups excluding carboxylic acids is 2. The number of alkyl halides is 9. The first kappa shape index (κ1) is 23.7. The summed E-state index contributed by atoms with van der Waals surface area (Å²) in [5.41, 5.74) is -15.0. The number of rotatable bonds is 3. The van der Waals surface area contributed by atoms with Crippen LogP contribution in [0.15, 0.2) is 18.2 Å². The van der Waals surface area contributed by atoms with Crippen LogP contribution in [-0.2, 0) is 25.5 Å². The van der Waals surface area contributed by atoms with Gasteiger partial charge in [-0.1, -0.05) is 6.07 Å². The van der Waals surface area contributed by atoms with Gasteiger partial charge in [0.25, 0.3) is 17.1 Å². The summed E-state index contributed by atoms with van der Waals surface area (Å²) in [4.78, 5) is 23.5. The van der Waals surface area contributed by atoms with E-state index in [0.717, 1.165) is 7.11 Å². The smallest absolute Gasteiger partial charge is 0.430 e. The molecule has 0 saturated carbocycles. The molecular formula is C15H10F9NO5. The minimum atomic E-state index is -6.43. The van der Waals surface area contributed by atoms with Crippen LogP contribution in [0.4, 0.5) is 45.2 Å². The van der Waals surface area contributed by atoms with Gasteiger partial charge in [-0.3, -0.25) is 14.5 Å². The molecule has 0 aliphatic carbocycles. The van der Waals surface area contributed by atoms with Gasteiger partial charge < -0.3 is 14.9 Å². The number of hydrogen-bond acceptors (Lipinski definition) is 5. The van der Waals surface area contributed by atoms with Crippen molar-refractivity contribution >= 4 is 17.6 Å². The van der Waals surface area contributed by atoms with Gasteiger partial charge in [-0.25, -0.2) is 0 Å². The average molecular weight is 455 g/mol. The van der Waals surface area contributed by atoms with Gasteiger partial charge in [0.05, 0.1) is 12.8 Å². The topological polar surface area (TPSA) is 87.1 Å². The fraction of sp³-hybridized carbons (Fsp3) is 0.467. The van der Waals surface area contributed by atoms with Crippen LogP contribution < -0.4 is 4.90 Å². The third-order valence-corrected chi connectivity index (χ3v) is 4.40. The second kappa shape index (κ2) is 6.73. The second-order valence-corrected chi connectivity index (χ2v) is 6.11. The molecule has 15 heteroatoms. The number of anilines is 1. The van der Waals surface area contributed by atoms with Crippen molar-refractivity contribution < 1.29 is 64.1 Å². The zero-order chi connectivity index (χ0) is 23.5. The van der Waals surface area contributed by atoms with Crippen LogP contribution in [0.5, 0.6) is 0 Å². The summed E-state index contributed by atoms with van der Waals surface area (Å²) < 4.78 is 123. The number of amides is 1. The summed E-state index contributed by atoms with van der Waals surface area (Å²) in [5.74, 6) is -3.55. The molecule has 6 nitrogen and oxygen atoms in total. The van der Waals surface area contributed by atoms with Gasteiger partial charge >= 0.3 is 24.5 Å². The monoisotopic (exact) mass is 455 g/mol. The molecule has 1 unspecified atom stereocenters. The van der Waals surface area contributed by atoms with Crippen LogP contribution in [0, 0.1) is 0 Å². The number of ether oxygens (including phenoxy) is 1. The molecule has 1 amide bonds. The summed E-state index contributed by atoms with van der Waals surface area (Å²) in [5, 5.41) is 19.4. The first-order chi connectivity index (χ1) is 13.3. The minimum Gasteiger partial charge on any atom is -0.468 e. The number of esters is 1. The number of fused-ring (bicyclic) bond motifs is 1.